The van der Waals surface area contributed by atoms with Gasteiger partial charge in [0, 0.05) is 6.42 Å². The molecule has 0 heterocycles. The normalized spacial score (nSPS) is 13.9. The second-order valence-corrected chi connectivity index (χ2v) is 13.6. The van der Waals surface area contributed by atoms with Crippen LogP contribution in [-0.2, 0) is 14.9 Å². The maximum atomic E-state index is 12.4. The molecule has 7 heteroatoms. The lowest BCUT2D eigenvalue weighted by Crippen LogP contribution is -2.46. The van der Waals surface area contributed by atoms with Gasteiger partial charge in [0.2, 0.25) is 5.91 Å². The minimum atomic E-state index is -4.34. The van der Waals surface area contributed by atoms with Crippen LogP contribution in [-0.4, -0.2) is 41.9 Å². The van der Waals surface area contributed by atoms with Crippen LogP contribution in [0.4, 0.5) is 0 Å². The molecule has 0 aliphatic carbocycles. The van der Waals surface area contributed by atoms with E-state index in [1.807, 2.05) is 13.0 Å². The van der Waals surface area contributed by atoms with Gasteiger partial charge in [0.25, 0.3) is 10.1 Å². The summed E-state index contributed by atoms with van der Waals surface area (Å²) in [5.41, 5.74) is 0. The highest BCUT2D eigenvalue weighted by atomic mass is 32.2. The monoisotopic (exact) mass is 625 g/mol. The number of hydrogen-bond donors (Lipinski definition) is 3. The molecule has 0 bridgehead atoms. The Balaban J connectivity index is 3.89. The first-order chi connectivity index (χ1) is 20.8. The molecular weight excluding hydrogens is 558 g/mol. The van der Waals surface area contributed by atoms with Crippen molar-refractivity contribution < 1.29 is 22.9 Å². The van der Waals surface area contributed by atoms with Gasteiger partial charge in [-0.3, -0.25) is 9.35 Å². The average molecular weight is 626 g/mol. The Bertz CT molecular complexity index is 821. The van der Waals surface area contributed by atoms with E-state index in [1.54, 1.807) is 6.08 Å². The first-order valence-electron chi connectivity index (χ1n) is 17.7. The number of aliphatic hydroxyl groups is 1. The topological polar surface area (TPSA) is 104 Å². The number of amides is 1. The van der Waals surface area contributed by atoms with E-state index in [9.17, 15) is 22.9 Å². The van der Waals surface area contributed by atoms with Crippen LogP contribution in [0, 0.1) is 0 Å². The molecule has 0 rings (SSSR count). The molecule has 252 valence electrons. The van der Waals surface area contributed by atoms with Crippen LogP contribution in [0.25, 0.3) is 0 Å². The van der Waals surface area contributed by atoms with E-state index in [0.29, 0.717) is 6.42 Å². The summed E-state index contributed by atoms with van der Waals surface area (Å²) in [6, 6.07) is -1.07. The van der Waals surface area contributed by atoms with Crippen molar-refractivity contribution in [3.05, 3.63) is 36.5 Å². The van der Waals surface area contributed by atoms with Crippen LogP contribution in [0.15, 0.2) is 36.5 Å². The van der Waals surface area contributed by atoms with Gasteiger partial charge in [-0.25, -0.2) is 0 Å². The van der Waals surface area contributed by atoms with Crippen LogP contribution >= 0.6 is 0 Å². The van der Waals surface area contributed by atoms with Gasteiger partial charge >= 0.3 is 0 Å². The predicted molar refractivity (Wildman–Crippen MR) is 184 cm³/mol. The summed E-state index contributed by atoms with van der Waals surface area (Å²) in [5.74, 6) is -1.01. The molecule has 0 saturated heterocycles. The number of allylic oxidation sites excluding steroid dienone is 5. The number of hydrogen-bond acceptors (Lipinski definition) is 4. The molecule has 0 fully saturated rings. The number of rotatable bonds is 31. The molecule has 2 unspecified atom stereocenters. The minimum absolute atomic E-state index is 0.287. The first kappa shape index (κ1) is 41.6. The quantitative estimate of drug-likeness (QED) is 0.0404. The van der Waals surface area contributed by atoms with E-state index in [-0.39, 0.29) is 12.3 Å². The van der Waals surface area contributed by atoms with E-state index >= 15 is 0 Å². The molecule has 2 atom stereocenters. The molecule has 43 heavy (non-hydrogen) atoms. The molecule has 6 nitrogen and oxygen atoms in total. The summed E-state index contributed by atoms with van der Waals surface area (Å²) in [5, 5.41) is 13.1. The van der Waals surface area contributed by atoms with Gasteiger partial charge in [-0.1, -0.05) is 159 Å². The zero-order valence-corrected chi connectivity index (χ0v) is 28.6. The third-order valence-corrected chi connectivity index (χ3v) is 8.67. The van der Waals surface area contributed by atoms with Gasteiger partial charge in [0.15, 0.2) is 0 Å². The largest absolute Gasteiger partial charge is 0.387 e. The van der Waals surface area contributed by atoms with Gasteiger partial charge in [-0.05, 0) is 39.0 Å². The van der Waals surface area contributed by atoms with E-state index < -0.39 is 28.0 Å². The van der Waals surface area contributed by atoms with Crippen molar-refractivity contribution >= 4 is 16.0 Å². The minimum Gasteiger partial charge on any atom is -0.387 e. The molecule has 3 N–H and O–H groups in total. The predicted octanol–water partition coefficient (Wildman–Crippen LogP) is 9.79. The smallest absolute Gasteiger partial charge is 0.267 e. The van der Waals surface area contributed by atoms with E-state index in [1.165, 1.54) is 109 Å². The van der Waals surface area contributed by atoms with E-state index in [0.717, 1.165) is 38.5 Å². The third-order valence-electron chi connectivity index (χ3n) is 7.89. The lowest BCUT2D eigenvalue weighted by atomic mass is 10.0. The summed E-state index contributed by atoms with van der Waals surface area (Å²) in [7, 11) is -4.34. The molecule has 0 aliphatic rings. The van der Waals surface area contributed by atoms with Crippen LogP contribution in [0.2, 0.25) is 0 Å². The fraction of sp³-hybridized carbons (Fsp3) is 0.806. The van der Waals surface area contributed by atoms with Crippen LogP contribution < -0.4 is 5.32 Å². The molecule has 0 aliphatic heterocycles. The highest BCUT2D eigenvalue weighted by molar-refractivity contribution is 7.85. The van der Waals surface area contributed by atoms with Crippen LogP contribution in [0.1, 0.15) is 168 Å². The molecule has 0 aromatic carbocycles. The number of nitrogens with one attached hydrogen (secondary N) is 1. The van der Waals surface area contributed by atoms with Gasteiger partial charge in [-0.15, -0.1) is 0 Å². The Morgan fingerprint density at radius 1 is 0.651 bits per heavy atom. The second-order valence-electron chi connectivity index (χ2n) is 12.2. The first-order valence-corrected chi connectivity index (χ1v) is 19.3. The Kier molecular flexibility index (Phi) is 29.6. The summed E-state index contributed by atoms with van der Waals surface area (Å²) in [6.45, 7) is 4.27. The summed E-state index contributed by atoms with van der Waals surface area (Å²) >= 11 is 0. The maximum Gasteiger partial charge on any atom is 0.267 e. The van der Waals surface area contributed by atoms with E-state index in [4.69, 9.17) is 0 Å². The van der Waals surface area contributed by atoms with Crippen LogP contribution in [0.5, 0.6) is 0 Å². The molecule has 0 saturated carbocycles. The Morgan fingerprint density at radius 3 is 1.47 bits per heavy atom. The molecular formula is C36H67NO5S. The van der Waals surface area contributed by atoms with Crippen molar-refractivity contribution in [2.75, 3.05) is 5.75 Å². The molecule has 0 aromatic heterocycles. The highest BCUT2D eigenvalue weighted by Gasteiger charge is 2.24. The van der Waals surface area contributed by atoms with Crippen molar-refractivity contribution in [1.29, 1.82) is 0 Å². The number of aliphatic hydroxyl groups excluding tert-OH is 1. The molecule has 1 amide bonds. The summed E-state index contributed by atoms with van der Waals surface area (Å²) < 4.78 is 32.2. The molecule has 0 aromatic rings. The Hall–Kier alpha value is -1.44. The molecule has 0 radical (unpaired) electrons. The highest BCUT2D eigenvalue weighted by Crippen LogP contribution is 2.15. The molecule has 0 spiro atoms. The van der Waals surface area contributed by atoms with Gasteiger partial charge < -0.3 is 10.4 Å². The van der Waals surface area contributed by atoms with Gasteiger partial charge in [0.1, 0.15) is 0 Å². The SMILES string of the molecule is C/C=C/CC/C=C/CC/C=C/C(O)C(CS(=O)(=O)O)NC(=O)CCCCCCCCCCCCCCCCCCCCC. The lowest BCUT2D eigenvalue weighted by Gasteiger charge is -2.21. The lowest BCUT2D eigenvalue weighted by molar-refractivity contribution is -0.122. The van der Waals surface area contributed by atoms with E-state index in [2.05, 4.69) is 30.5 Å². The van der Waals surface area contributed by atoms with Gasteiger partial charge in [-0.2, -0.15) is 8.42 Å². The van der Waals surface area contributed by atoms with Crippen molar-refractivity contribution in [3.63, 3.8) is 0 Å². The number of unbranched alkanes of at least 4 members (excludes halogenated alkanes) is 20. The maximum absolute atomic E-state index is 12.4. The van der Waals surface area contributed by atoms with Crippen molar-refractivity contribution in [3.8, 4) is 0 Å². The summed E-state index contributed by atoms with van der Waals surface area (Å²) in [6.07, 6.45) is 38.7. The Morgan fingerprint density at radius 2 is 1.05 bits per heavy atom. The zero-order chi connectivity index (χ0) is 31.9. The second kappa shape index (κ2) is 30.6. The third kappa shape index (κ3) is 31.8. The number of carbonyl (C=O) groups excluding carboxylic acids is 1. The standard InChI is InChI=1S/C36H67NO5S/c1-3-5-7-9-11-13-14-15-16-17-18-19-20-21-22-24-26-28-30-32-36(39)37-34(33-43(40,41)42)35(38)31-29-27-25-23-12-10-8-6-4-2/h4,6,12,23,29,31,34-35,38H,3,5,7-11,13-22,24-28,30,32-33H2,1-2H3,(H,37,39)(H,40,41,42)/b6-4+,23-12+,31-29+. The van der Waals surface area contributed by atoms with Crippen molar-refractivity contribution in [2.24, 2.45) is 0 Å². The Labute approximate surface area is 266 Å². The van der Waals surface area contributed by atoms with Gasteiger partial charge in [0.05, 0.1) is 17.9 Å². The van der Waals surface area contributed by atoms with Crippen molar-refractivity contribution in [1.82, 2.24) is 5.32 Å². The van der Waals surface area contributed by atoms with Crippen LogP contribution in [0.3, 0.4) is 0 Å². The number of carbonyl (C=O) groups is 1. The fourth-order valence-corrected chi connectivity index (χ4v) is 5.99. The van der Waals surface area contributed by atoms with Crippen molar-refractivity contribution in [2.45, 2.75) is 180 Å². The summed E-state index contributed by atoms with van der Waals surface area (Å²) in [4.78, 5) is 12.4. The average Bonchev–Trinajstić information content (AvgIpc) is 2.96. The zero-order valence-electron chi connectivity index (χ0n) is 27.8. The fourth-order valence-electron chi connectivity index (χ4n) is 5.25.